The second-order valence-corrected chi connectivity index (χ2v) is 3.27. The molecule has 0 aliphatic rings. The lowest BCUT2D eigenvalue weighted by Crippen LogP contribution is -2.24. The number of nitro groups is 1. The smallest absolute Gasteiger partial charge is 0.311 e. The van der Waals surface area contributed by atoms with E-state index in [0.29, 0.717) is 6.54 Å². The monoisotopic (exact) mass is 225 g/mol. The van der Waals surface area contributed by atoms with E-state index < -0.39 is 4.92 Å². The number of nitro benzene ring substituents is 1. The molecule has 0 heterocycles. The van der Waals surface area contributed by atoms with Crippen molar-refractivity contribution in [2.75, 3.05) is 20.7 Å². The third-order valence-electron chi connectivity index (χ3n) is 2.39. The van der Waals surface area contributed by atoms with Crippen molar-refractivity contribution in [3.05, 3.63) is 33.9 Å². The van der Waals surface area contributed by atoms with Crippen molar-refractivity contribution >= 4 is 5.69 Å². The minimum atomic E-state index is -0.467. The van der Waals surface area contributed by atoms with E-state index >= 15 is 0 Å². The van der Waals surface area contributed by atoms with E-state index in [9.17, 15) is 10.1 Å². The van der Waals surface area contributed by atoms with Crippen LogP contribution in [0.5, 0.6) is 5.75 Å². The molecule has 16 heavy (non-hydrogen) atoms. The first-order chi connectivity index (χ1) is 7.63. The van der Waals surface area contributed by atoms with Crippen LogP contribution >= 0.6 is 0 Å². The van der Waals surface area contributed by atoms with E-state index in [0.717, 1.165) is 5.56 Å². The molecular formula is C10H15N3O3. The Bertz CT molecular complexity index is 378. The first kappa shape index (κ1) is 12.4. The van der Waals surface area contributed by atoms with Gasteiger partial charge in [-0.1, -0.05) is 6.07 Å². The molecule has 0 aliphatic carbocycles. The summed E-state index contributed by atoms with van der Waals surface area (Å²) in [5, 5.41) is 13.8. The van der Waals surface area contributed by atoms with Crippen LogP contribution in [-0.4, -0.2) is 25.6 Å². The number of nitrogens with one attached hydrogen (secondary N) is 1. The molecule has 1 atom stereocenters. The highest BCUT2D eigenvalue weighted by Crippen LogP contribution is 2.29. The van der Waals surface area contributed by atoms with Crippen LogP contribution in [0.25, 0.3) is 0 Å². The number of hydrogen-bond donors (Lipinski definition) is 2. The normalized spacial score (nSPS) is 12.2. The van der Waals surface area contributed by atoms with Crippen molar-refractivity contribution in [2.45, 2.75) is 6.04 Å². The highest BCUT2D eigenvalue weighted by Gasteiger charge is 2.17. The predicted octanol–water partition coefficient (Wildman–Crippen LogP) is 0.823. The third-order valence-corrected chi connectivity index (χ3v) is 2.39. The average molecular weight is 225 g/mol. The van der Waals surface area contributed by atoms with Crippen molar-refractivity contribution < 1.29 is 9.66 Å². The van der Waals surface area contributed by atoms with Crippen LogP contribution in [0.1, 0.15) is 11.6 Å². The molecule has 0 spiro atoms. The average Bonchev–Trinajstić information content (AvgIpc) is 2.30. The highest BCUT2D eigenvalue weighted by atomic mass is 16.6. The van der Waals surface area contributed by atoms with Gasteiger partial charge in [0.05, 0.1) is 12.0 Å². The maximum atomic E-state index is 10.8. The Hall–Kier alpha value is -1.66. The maximum absolute atomic E-state index is 10.8. The minimum Gasteiger partial charge on any atom is -0.490 e. The largest absolute Gasteiger partial charge is 0.490 e. The van der Waals surface area contributed by atoms with E-state index in [4.69, 9.17) is 10.5 Å². The first-order valence-corrected chi connectivity index (χ1v) is 4.83. The number of nitrogens with zero attached hydrogens (tertiary/aromatic N) is 1. The van der Waals surface area contributed by atoms with Crippen molar-refractivity contribution in [3.63, 3.8) is 0 Å². The summed E-state index contributed by atoms with van der Waals surface area (Å²) >= 11 is 0. The Labute approximate surface area is 93.5 Å². The van der Waals surface area contributed by atoms with Gasteiger partial charge < -0.3 is 15.8 Å². The molecule has 1 unspecified atom stereocenters. The minimum absolute atomic E-state index is 0.0475. The van der Waals surface area contributed by atoms with Crippen molar-refractivity contribution in [1.29, 1.82) is 0 Å². The van der Waals surface area contributed by atoms with E-state index in [2.05, 4.69) is 5.32 Å². The number of likely N-dealkylation sites (N-methyl/N-ethyl adjacent to an activating group) is 1. The number of methoxy groups -OCH3 is 1. The van der Waals surface area contributed by atoms with Gasteiger partial charge in [-0.15, -0.1) is 0 Å². The van der Waals surface area contributed by atoms with E-state index in [1.54, 1.807) is 19.2 Å². The van der Waals surface area contributed by atoms with Gasteiger partial charge in [0.25, 0.3) is 0 Å². The van der Waals surface area contributed by atoms with Crippen LogP contribution in [0.3, 0.4) is 0 Å². The topological polar surface area (TPSA) is 90.4 Å². The molecule has 0 aromatic heterocycles. The lowest BCUT2D eigenvalue weighted by atomic mass is 10.1. The fraction of sp³-hybridized carbons (Fsp3) is 0.400. The molecule has 6 nitrogen and oxygen atoms in total. The summed E-state index contributed by atoms with van der Waals surface area (Å²) in [5.41, 5.74) is 6.28. The molecule has 0 radical (unpaired) electrons. The molecule has 3 N–H and O–H groups in total. The highest BCUT2D eigenvalue weighted by molar-refractivity contribution is 5.49. The summed E-state index contributed by atoms with van der Waals surface area (Å²) in [7, 11) is 3.16. The Morgan fingerprint density at radius 3 is 2.75 bits per heavy atom. The second-order valence-electron chi connectivity index (χ2n) is 3.27. The Kier molecular flexibility index (Phi) is 4.21. The number of hydrogen-bond acceptors (Lipinski definition) is 5. The molecule has 0 saturated heterocycles. The molecule has 0 amide bonds. The quantitative estimate of drug-likeness (QED) is 0.572. The van der Waals surface area contributed by atoms with Gasteiger partial charge in [-0.2, -0.15) is 0 Å². The molecule has 0 aliphatic heterocycles. The van der Waals surface area contributed by atoms with Gasteiger partial charge in [0, 0.05) is 18.7 Å². The molecule has 0 saturated carbocycles. The zero-order valence-electron chi connectivity index (χ0n) is 9.27. The molecule has 0 fully saturated rings. The van der Waals surface area contributed by atoms with Crippen LogP contribution < -0.4 is 15.8 Å². The zero-order valence-corrected chi connectivity index (χ0v) is 9.27. The van der Waals surface area contributed by atoms with Gasteiger partial charge >= 0.3 is 5.69 Å². The second kappa shape index (κ2) is 5.43. The zero-order chi connectivity index (χ0) is 12.1. The summed E-state index contributed by atoms with van der Waals surface area (Å²) in [4.78, 5) is 10.3. The summed E-state index contributed by atoms with van der Waals surface area (Å²) in [5.74, 6) is 0.251. The predicted molar refractivity (Wildman–Crippen MR) is 60.5 cm³/mol. The number of benzene rings is 1. The molecule has 1 aromatic rings. The van der Waals surface area contributed by atoms with Gasteiger partial charge in [-0.3, -0.25) is 10.1 Å². The van der Waals surface area contributed by atoms with Crippen LogP contribution in [0.4, 0.5) is 5.69 Å². The lowest BCUT2D eigenvalue weighted by molar-refractivity contribution is -0.385. The van der Waals surface area contributed by atoms with E-state index in [1.807, 2.05) is 0 Å². The molecule has 88 valence electrons. The van der Waals surface area contributed by atoms with E-state index in [1.165, 1.54) is 13.2 Å². The first-order valence-electron chi connectivity index (χ1n) is 4.83. The van der Waals surface area contributed by atoms with Crippen molar-refractivity contribution in [1.82, 2.24) is 5.32 Å². The number of ether oxygens (including phenoxy) is 1. The van der Waals surface area contributed by atoms with Gasteiger partial charge in [-0.25, -0.2) is 0 Å². The summed E-state index contributed by atoms with van der Waals surface area (Å²) in [6, 6.07) is 4.73. The molecule has 0 bridgehead atoms. The van der Waals surface area contributed by atoms with Gasteiger partial charge in [-0.05, 0) is 18.7 Å². The van der Waals surface area contributed by atoms with Crippen molar-refractivity contribution in [3.8, 4) is 5.75 Å². The lowest BCUT2D eigenvalue weighted by Gasteiger charge is -2.14. The Morgan fingerprint density at radius 1 is 1.62 bits per heavy atom. The molecule has 1 aromatic carbocycles. The molecule has 6 heteroatoms. The van der Waals surface area contributed by atoms with E-state index in [-0.39, 0.29) is 17.5 Å². The molecule has 1 rings (SSSR count). The van der Waals surface area contributed by atoms with Crippen LogP contribution in [0.2, 0.25) is 0 Å². The maximum Gasteiger partial charge on any atom is 0.311 e. The Balaban J connectivity index is 3.15. The van der Waals surface area contributed by atoms with Crippen molar-refractivity contribution in [2.24, 2.45) is 5.73 Å². The number of nitrogens with two attached hydrogens (primary N) is 1. The van der Waals surface area contributed by atoms with Crippen LogP contribution in [0.15, 0.2) is 18.2 Å². The molecular weight excluding hydrogens is 210 g/mol. The van der Waals surface area contributed by atoms with Gasteiger partial charge in [0.1, 0.15) is 0 Å². The van der Waals surface area contributed by atoms with Crippen LogP contribution in [-0.2, 0) is 0 Å². The van der Waals surface area contributed by atoms with Crippen LogP contribution in [0, 0.1) is 10.1 Å². The Morgan fingerprint density at radius 2 is 2.31 bits per heavy atom. The summed E-state index contributed by atoms with van der Waals surface area (Å²) < 4.78 is 4.92. The summed E-state index contributed by atoms with van der Waals surface area (Å²) in [6.45, 7) is 0.375. The van der Waals surface area contributed by atoms with Gasteiger partial charge in [0.2, 0.25) is 0 Å². The number of rotatable bonds is 5. The SMILES string of the molecule is CNC(CN)c1ccc(OC)c([N+](=O)[O-])c1. The summed E-state index contributed by atoms with van der Waals surface area (Å²) in [6.07, 6.45) is 0. The fourth-order valence-electron chi connectivity index (χ4n) is 1.49. The third kappa shape index (κ3) is 2.47. The fourth-order valence-corrected chi connectivity index (χ4v) is 1.49. The standard InChI is InChI=1S/C10H15N3O3/c1-12-8(6-11)7-3-4-10(16-2)9(5-7)13(14)15/h3-5,8,12H,6,11H2,1-2H3. The van der Waals surface area contributed by atoms with Gasteiger partial charge in [0.15, 0.2) is 5.75 Å².